The Hall–Kier alpha value is -4.08. The van der Waals surface area contributed by atoms with E-state index in [0.717, 1.165) is 22.6 Å². The van der Waals surface area contributed by atoms with Crippen molar-refractivity contribution in [1.29, 1.82) is 0 Å². The average molecular weight is 504 g/mol. The van der Waals surface area contributed by atoms with Gasteiger partial charge in [0.2, 0.25) is 5.95 Å². The van der Waals surface area contributed by atoms with Crippen LogP contribution < -0.4 is 25.2 Å². The molecule has 0 saturated heterocycles. The second-order valence-electron chi connectivity index (χ2n) is 7.88. The maximum Gasteiger partial charge on any atom is 0.229 e. The number of ether oxygens (including phenoxy) is 2. The Morgan fingerprint density at radius 1 is 0.972 bits per heavy atom. The van der Waals surface area contributed by atoms with Gasteiger partial charge in [-0.15, -0.1) is 0 Å². The van der Waals surface area contributed by atoms with Crippen LogP contribution in [0.2, 0.25) is 0 Å². The highest BCUT2D eigenvalue weighted by atomic mass is 32.2. The monoisotopic (exact) mass is 503 g/mol. The molecule has 1 aromatic heterocycles. The topological polar surface area (TPSA) is 111 Å². The summed E-state index contributed by atoms with van der Waals surface area (Å²) < 4.78 is 23.5. The molecule has 3 aromatic carbocycles. The lowest BCUT2D eigenvalue weighted by Gasteiger charge is -2.14. The molecule has 4 N–H and O–H groups in total. The molecule has 36 heavy (non-hydrogen) atoms. The number of benzene rings is 3. The van der Waals surface area contributed by atoms with E-state index < -0.39 is 9.71 Å². The first-order valence-electron chi connectivity index (χ1n) is 11.5. The number of aromatic nitrogens is 2. The van der Waals surface area contributed by atoms with Crippen LogP contribution in [-0.4, -0.2) is 39.8 Å². The van der Waals surface area contributed by atoms with Gasteiger partial charge in [-0.3, -0.25) is 5.14 Å². The highest BCUT2D eigenvalue weighted by Gasteiger charge is 2.11. The Morgan fingerprint density at radius 3 is 2.44 bits per heavy atom. The second kappa shape index (κ2) is 11.6. The van der Waals surface area contributed by atoms with Gasteiger partial charge in [0.1, 0.15) is 23.9 Å². The molecule has 1 unspecified atom stereocenters. The lowest BCUT2D eigenvalue weighted by atomic mass is 10.1. The van der Waals surface area contributed by atoms with E-state index >= 15 is 0 Å². The van der Waals surface area contributed by atoms with E-state index in [1.165, 1.54) is 0 Å². The molecule has 8 nitrogen and oxygen atoms in total. The van der Waals surface area contributed by atoms with Gasteiger partial charge in [-0.2, -0.15) is 4.98 Å². The molecule has 0 aliphatic carbocycles. The van der Waals surface area contributed by atoms with E-state index in [2.05, 4.69) is 21.5 Å². The third-order valence-corrected chi connectivity index (χ3v) is 6.21. The van der Waals surface area contributed by atoms with Gasteiger partial charge in [0.15, 0.2) is 0 Å². The summed E-state index contributed by atoms with van der Waals surface area (Å²) in [4.78, 5) is 9.64. The molecular formula is C27H29N5O3S. The first-order chi connectivity index (χ1) is 17.4. The van der Waals surface area contributed by atoms with Crippen molar-refractivity contribution in [2.24, 2.45) is 5.14 Å². The van der Waals surface area contributed by atoms with Crippen LogP contribution >= 0.6 is 0 Å². The van der Waals surface area contributed by atoms with Crippen LogP contribution in [0.1, 0.15) is 6.92 Å². The van der Waals surface area contributed by atoms with Gasteiger partial charge in [0.05, 0.1) is 22.9 Å². The molecule has 1 heterocycles. The average Bonchev–Trinajstić information content (AvgIpc) is 2.88. The number of hydrogen-bond donors (Lipinski definition) is 3. The summed E-state index contributed by atoms with van der Waals surface area (Å²) in [7, 11) is -2.83. The first-order valence-corrected chi connectivity index (χ1v) is 13.3. The normalized spacial score (nSPS) is 12.4. The fourth-order valence-electron chi connectivity index (χ4n) is 3.46. The molecule has 0 radical (unpaired) electrons. The number of nitrogens with zero attached hydrogens (tertiary/aromatic N) is 2. The summed E-state index contributed by atoms with van der Waals surface area (Å²) in [6.07, 6.45) is 1.75. The van der Waals surface area contributed by atoms with Crippen molar-refractivity contribution in [3.05, 3.63) is 85.1 Å². The first kappa shape index (κ1) is 25.0. The van der Waals surface area contributed by atoms with Crippen molar-refractivity contribution in [3.63, 3.8) is 0 Å². The van der Waals surface area contributed by atoms with Crippen LogP contribution in [0.4, 0.5) is 17.5 Å². The molecule has 9 heteroatoms. The lowest BCUT2D eigenvalue weighted by Crippen LogP contribution is -2.14. The molecule has 0 amide bonds. The van der Waals surface area contributed by atoms with Gasteiger partial charge in [0.25, 0.3) is 0 Å². The zero-order valence-corrected chi connectivity index (χ0v) is 20.8. The van der Waals surface area contributed by atoms with E-state index in [9.17, 15) is 4.21 Å². The molecule has 0 bridgehead atoms. The largest absolute Gasteiger partial charge is 0.494 e. The number of hydrogen-bond acceptors (Lipinski definition) is 7. The van der Waals surface area contributed by atoms with E-state index in [1.54, 1.807) is 24.4 Å². The quantitative estimate of drug-likeness (QED) is 0.200. The minimum Gasteiger partial charge on any atom is -0.494 e. The lowest BCUT2D eigenvalue weighted by molar-refractivity contribution is 0.333. The Labute approximate surface area is 211 Å². The second-order valence-corrected chi connectivity index (χ2v) is 9.80. The van der Waals surface area contributed by atoms with Crippen molar-refractivity contribution in [1.82, 2.24) is 9.97 Å². The summed E-state index contributed by atoms with van der Waals surface area (Å²) in [5, 5.41) is 12.2. The van der Waals surface area contributed by atoms with Crippen molar-refractivity contribution in [2.45, 2.75) is 11.8 Å². The number of rotatable bonds is 11. The SMILES string of the molecule is C=S(N)(=O)c1cccc(Nc2ncc(-c3ccc(OCC)cc3)c(NCCOc3ccccc3)n2)c1. The summed E-state index contributed by atoms with van der Waals surface area (Å²) in [6, 6.07) is 24.3. The van der Waals surface area contributed by atoms with Gasteiger partial charge in [-0.05, 0) is 60.8 Å². The van der Waals surface area contributed by atoms with Crippen molar-refractivity contribution in [2.75, 3.05) is 30.4 Å². The Balaban J connectivity index is 1.56. The third kappa shape index (κ3) is 6.74. The van der Waals surface area contributed by atoms with Gasteiger partial charge in [-0.1, -0.05) is 36.4 Å². The van der Waals surface area contributed by atoms with Gasteiger partial charge in [-0.25, -0.2) is 9.19 Å². The van der Waals surface area contributed by atoms with E-state index in [-0.39, 0.29) is 0 Å². The number of para-hydroxylation sites is 1. The molecule has 4 aromatic rings. The van der Waals surface area contributed by atoms with Gasteiger partial charge < -0.3 is 20.1 Å². The molecule has 0 aliphatic rings. The van der Waals surface area contributed by atoms with Crippen molar-refractivity contribution >= 4 is 33.0 Å². The number of nitrogens with one attached hydrogen (secondary N) is 2. The minimum atomic E-state index is -2.83. The van der Waals surface area contributed by atoms with Crippen LogP contribution in [0.3, 0.4) is 0 Å². The van der Waals surface area contributed by atoms with Crippen LogP contribution in [0.15, 0.2) is 90.0 Å². The predicted molar refractivity (Wildman–Crippen MR) is 147 cm³/mol. The Kier molecular flexibility index (Phi) is 8.04. The number of nitrogens with two attached hydrogens (primary N) is 1. The highest BCUT2D eigenvalue weighted by molar-refractivity contribution is 7.98. The van der Waals surface area contributed by atoms with Gasteiger partial charge >= 0.3 is 0 Å². The number of anilines is 3. The minimum absolute atomic E-state index is 0.376. The molecular weight excluding hydrogens is 474 g/mol. The zero-order chi connectivity index (χ0) is 25.4. The molecule has 1 atom stereocenters. The van der Waals surface area contributed by atoms with Crippen molar-refractivity contribution in [3.8, 4) is 22.6 Å². The zero-order valence-electron chi connectivity index (χ0n) is 20.0. The molecule has 186 valence electrons. The third-order valence-electron chi connectivity index (χ3n) is 5.16. The maximum atomic E-state index is 12.1. The van der Waals surface area contributed by atoms with Crippen LogP contribution in [0, 0.1) is 0 Å². The maximum absolute atomic E-state index is 12.1. The fourth-order valence-corrected chi connectivity index (χ4v) is 4.09. The predicted octanol–water partition coefficient (Wildman–Crippen LogP) is 4.73. The molecule has 0 fully saturated rings. The summed E-state index contributed by atoms with van der Waals surface area (Å²) in [6.45, 7) is 3.54. The Bertz CT molecular complexity index is 1390. The summed E-state index contributed by atoms with van der Waals surface area (Å²) >= 11 is 0. The molecule has 4 rings (SSSR count). The van der Waals surface area contributed by atoms with E-state index in [4.69, 9.17) is 19.6 Å². The molecule has 0 spiro atoms. The standard InChI is InChI=1S/C27H29N5O3S/c1-3-34-23-14-12-20(13-15-23)25-19-30-27(31-21-8-7-11-24(18-21)36(2,28)33)32-26(25)29-16-17-35-22-9-5-4-6-10-22/h4-15,18-19H,2-3,16-17H2,1H3,(H2,28,33)(H2,29,30,31,32). The van der Waals surface area contributed by atoms with Gasteiger partial charge in [0, 0.05) is 22.3 Å². The Morgan fingerprint density at radius 2 is 1.72 bits per heavy atom. The molecule has 0 saturated carbocycles. The molecule has 0 aliphatic heterocycles. The summed E-state index contributed by atoms with van der Waals surface area (Å²) in [5.41, 5.74) is 2.43. The summed E-state index contributed by atoms with van der Waals surface area (Å²) in [5.74, 6) is 6.17. The highest BCUT2D eigenvalue weighted by Crippen LogP contribution is 2.29. The van der Waals surface area contributed by atoms with E-state index in [1.807, 2.05) is 67.6 Å². The smallest absolute Gasteiger partial charge is 0.229 e. The van der Waals surface area contributed by atoms with Crippen LogP contribution in [0.25, 0.3) is 11.1 Å². The van der Waals surface area contributed by atoms with Crippen molar-refractivity contribution < 1.29 is 13.7 Å². The van der Waals surface area contributed by atoms with E-state index in [0.29, 0.717) is 42.1 Å². The van der Waals surface area contributed by atoms with Crippen LogP contribution in [-0.2, 0) is 9.71 Å². The fraction of sp³-hybridized carbons (Fsp3) is 0.148. The van der Waals surface area contributed by atoms with Crippen LogP contribution in [0.5, 0.6) is 11.5 Å².